The molecule has 2 aromatic carbocycles. The fraction of sp³-hybridized carbons (Fsp3) is 0.417. The molecule has 0 spiro atoms. The van der Waals surface area contributed by atoms with Gasteiger partial charge in [0.1, 0.15) is 11.7 Å². The average molecular weight is 379 g/mol. The number of carbonyl (C=O) groups excluding carboxylic acids is 2. The Hall–Kier alpha value is -2.62. The van der Waals surface area contributed by atoms with Crippen LogP contribution in [-0.4, -0.2) is 40.4 Å². The highest BCUT2D eigenvalue weighted by Gasteiger charge is 2.60. The second-order valence-electron chi connectivity index (χ2n) is 8.98. The zero-order valence-corrected chi connectivity index (χ0v) is 17.6. The predicted molar refractivity (Wildman–Crippen MR) is 112 cm³/mol. The Morgan fingerprint density at radius 3 is 2.00 bits per heavy atom. The fourth-order valence-corrected chi connectivity index (χ4v) is 4.47. The second kappa shape index (κ2) is 7.08. The van der Waals surface area contributed by atoms with Crippen LogP contribution in [0.3, 0.4) is 0 Å². The van der Waals surface area contributed by atoms with Crippen molar-refractivity contribution in [2.24, 2.45) is 5.41 Å². The lowest BCUT2D eigenvalue weighted by molar-refractivity contribution is -0.133. The summed E-state index contributed by atoms with van der Waals surface area (Å²) in [5, 5.41) is 0. The van der Waals surface area contributed by atoms with Crippen molar-refractivity contribution in [2.75, 3.05) is 7.05 Å². The van der Waals surface area contributed by atoms with Crippen molar-refractivity contribution in [2.45, 2.75) is 52.2 Å². The number of carbonyl (C=O) groups is 2. The number of rotatable bonds is 3. The van der Waals surface area contributed by atoms with E-state index in [-0.39, 0.29) is 29.3 Å². The molecule has 0 aromatic heterocycles. The van der Waals surface area contributed by atoms with Crippen LogP contribution in [0.4, 0.5) is 0 Å². The third kappa shape index (κ3) is 3.11. The van der Waals surface area contributed by atoms with E-state index in [1.165, 1.54) is 0 Å². The highest BCUT2D eigenvalue weighted by Crippen LogP contribution is 2.46. The van der Waals surface area contributed by atoms with Gasteiger partial charge in [0.05, 0.1) is 0 Å². The number of benzene rings is 2. The molecule has 1 heterocycles. The topological polar surface area (TPSA) is 40.6 Å². The molecule has 1 aliphatic rings. The minimum absolute atomic E-state index is 0.0203. The van der Waals surface area contributed by atoms with Gasteiger partial charge in [0.15, 0.2) is 0 Å². The summed E-state index contributed by atoms with van der Waals surface area (Å²) < 4.78 is 0. The van der Waals surface area contributed by atoms with E-state index in [4.69, 9.17) is 0 Å². The fourth-order valence-electron chi connectivity index (χ4n) is 4.47. The molecule has 0 radical (unpaired) electrons. The lowest BCUT2D eigenvalue weighted by Gasteiger charge is -2.44. The van der Waals surface area contributed by atoms with Crippen LogP contribution in [0.5, 0.6) is 0 Å². The van der Waals surface area contributed by atoms with Crippen LogP contribution in [-0.2, 0) is 4.79 Å². The highest BCUT2D eigenvalue weighted by atomic mass is 16.2. The first-order valence-electron chi connectivity index (χ1n) is 9.81. The Balaban J connectivity index is 2.18. The van der Waals surface area contributed by atoms with Crippen LogP contribution in [0.1, 0.15) is 56.5 Å². The Morgan fingerprint density at radius 1 is 1.00 bits per heavy atom. The monoisotopic (exact) mass is 378 g/mol. The Bertz CT molecular complexity index is 857. The first kappa shape index (κ1) is 20.1. The van der Waals surface area contributed by atoms with Crippen LogP contribution in [0.15, 0.2) is 60.7 Å². The number of amides is 2. The van der Waals surface area contributed by atoms with Gasteiger partial charge in [0.25, 0.3) is 5.91 Å². The molecule has 4 nitrogen and oxygen atoms in total. The van der Waals surface area contributed by atoms with Crippen LogP contribution < -0.4 is 0 Å². The van der Waals surface area contributed by atoms with Crippen molar-refractivity contribution in [1.29, 1.82) is 0 Å². The zero-order valence-electron chi connectivity index (χ0n) is 17.6. The first-order valence-corrected chi connectivity index (χ1v) is 9.81. The van der Waals surface area contributed by atoms with Crippen LogP contribution in [0.2, 0.25) is 0 Å². The van der Waals surface area contributed by atoms with Crippen molar-refractivity contribution in [3.05, 3.63) is 71.8 Å². The molecule has 28 heavy (non-hydrogen) atoms. The maximum Gasteiger partial charge on any atom is 0.256 e. The smallest absolute Gasteiger partial charge is 0.256 e. The molecule has 1 aliphatic heterocycles. The maximum atomic E-state index is 13.7. The summed E-state index contributed by atoms with van der Waals surface area (Å²) in [7, 11) is 1.81. The zero-order chi connectivity index (χ0) is 20.7. The van der Waals surface area contributed by atoms with Crippen molar-refractivity contribution >= 4 is 11.8 Å². The summed E-state index contributed by atoms with van der Waals surface area (Å²) >= 11 is 0. The maximum absolute atomic E-state index is 13.7. The summed E-state index contributed by atoms with van der Waals surface area (Å²) in [6.45, 7) is 10.2. The average Bonchev–Trinajstić information content (AvgIpc) is 2.90. The van der Waals surface area contributed by atoms with Gasteiger partial charge in [-0.2, -0.15) is 0 Å². The Morgan fingerprint density at radius 2 is 1.50 bits per heavy atom. The van der Waals surface area contributed by atoms with E-state index in [9.17, 15) is 9.59 Å². The Kier molecular flexibility index (Phi) is 5.09. The number of hydrogen-bond acceptors (Lipinski definition) is 2. The van der Waals surface area contributed by atoms with E-state index in [1.807, 2.05) is 86.5 Å². The first-order chi connectivity index (χ1) is 13.1. The molecular weight excluding hydrogens is 348 g/mol. The van der Waals surface area contributed by atoms with Gasteiger partial charge in [-0.15, -0.1) is 0 Å². The quantitative estimate of drug-likeness (QED) is 0.787. The van der Waals surface area contributed by atoms with E-state index in [2.05, 4.69) is 20.8 Å². The molecule has 1 fully saturated rings. The molecule has 0 saturated carbocycles. The normalized spacial score (nSPS) is 23.8. The van der Waals surface area contributed by atoms with Gasteiger partial charge in [-0.3, -0.25) is 9.59 Å². The number of likely N-dealkylation sites (N-methyl/N-ethyl adjacent to an activating group) is 1. The molecule has 0 bridgehead atoms. The molecule has 3 rings (SSSR count). The SMILES string of the molecule is C[C@H](c1ccccc1)[C@@]1(C)C(=O)N(C)[C@H](C(C)(C)C)N1C(=O)c1ccccc1. The minimum atomic E-state index is -0.971. The lowest BCUT2D eigenvalue weighted by atomic mass is 9.79. The summed E-state index contributed by atoms with van der Waals surface area (Å²) in [6.07, 6.45) is -0.330. The van der Waals surface area contributed by atoms with Gasteiger partial charge in [0, 0.05) is 23.9 Å². The highest BCUT2D eigenvalue weighted by molar-refractivity contribution is 6.02. The summed E-state index contributed by atoms with van der Waals surface area (Å²) in [5.74, 6) is -0.278. The van der Waals surface area contributed by atoms with E-state index < -0.39 is 5.54 Å². The number of hydrogen-bond donors (Lipinski definition) is 0. The van der Waals surface area contributed by atoms with Crippen LogP contribution in [0, 0.1) is 5.41 Å². The Labute approximate surface area is 168 Å². The van der Waals surface area contributed by atoms with Gasteiger partial charge in [-0.25, -0.2) is 0 Å². The van der Waals surface area contributed by atoms with Gasteiger partial charge in [0.2, 0.25) is 5.91 Å². The molecule has 2 aromatic rings. The van der Waals surface area contributed by atoms with Crippen molar-refractivity contribution in [3.63, 3.8) is 0 Å². The van der Waals surface area contributed by atoms with Gasteiger partial charge in [-0.1, -0.05) is 76.2 Å². The van der Waals surface area contributed by atoms with E-state index in [0.717, 1.165) is 5.56 Å². The van der Waals surface area contributed by atoms with Crippen molar-refractivity contribution in [3.8, 4) is 0 Å². The van der Waals surface area contributed by atoms with E-state index in [1.54, 1.807) is 4.90 Å². The largest absolute Gasteiger partial charge is 0.323 e. The van der Waals surface area contributed by atoms with Gasteiger partial charge >= 0.3 is 0 Å². The van der Waals surface area contributed by atoms with Gasteiger partial charge < -0.3 is 9.80 Å². The van der Waals surface area contributed by atoms with Crippen LogP contribution in [0.25, 0.3) is 0 Å². The van der Waals surface area contributed by atoms with E-state index >= 15 is 0 Å². The molecule has 0 aliphatic carbocycles. The molecule has 2 amide bonds. The summed E-state index contributed by atoms with van der Waals surface area (Å²) in [4.78, 5) is 30.8. The summed E-state index contributed by atoms with van der Waals surface area (Å²) in [5.41, 5.74) is 0.391. The van der Waals surface area contributed by atoms with Crippen LogP contribution >= 0.6 is 0 Å². The molecule has 0 N–H and O–H groups in total. The molecule has 3 atom stereocenters. The minimum Gasteiger partial charge on any atom is -0.323 e. The molecule has 148 valence electrons. The molecule has 4 heteroatoms. The predicted octanol–water partition coefficient (Wildman–Crippen LogP) is 4.54. The molecular formula is C24H30N2O2. The van der Waals surface area contributed by atoms with E-state index in [0.29, 0.717) is 5.56 Å². The molecule has 1 saturated heterocycles. The van der Waals surface area contributed by atoms with Crippen molar-refractivity contribution in [1.82, 2.24) is 9.80 Å². The van der Waals surface area contributed by atoms with Gasteiger partial charge in [-0.05, 0) is 24.6 Å². The van der Waals surface area contributed by atoms with Crippen molar-refractivity contribution < 1.29 is 9.59 Å². The standard InChI is InChI=1S/C24H30N2O2/c1-17(18-13-9-7-10-14-18)24(5)22(28)25(6)21(23(2,3)4)26(24)20(27)19-15-11-8-12-16-19/h7-17,21H,1-6H3/t17-,21+,24+/m1/s1. The summed E-state index contributed by atoms with van der Waals surface area (Å²) in [6, 6.07) is 19.2. The second-order valence-corrected chi connectivity index (χ2v) is 8.98. The third-order valence-corrected chi connectivity index (χ3v) is 6.02. The number of nitrogens with zero attached hydrogens (tertiary/aromatic N) is 2. The molecule has 0 unspecified atom stereocenters. The third-order valence-electron chi connectivity index (χ3n) is 6.02. The lowest BCUT2D eigenvalue weighted by Crippen LogP contribution is -2.57.